The molecule has 3 rings (SSSR count). The summed E-state index contributed by atoms with van der Waals surface area (Å²) in [7, 11) is 0. The Morgan fingerprint density at radius 1 is 1.10 bits per heavy atom. The lowest BCUT2D eigenvalue weighted by atomic mass is 9.78. The van der Waals surface area contributed by atoms with Gasteiger partial charge in [0, 0.05) is 25.2 Å². The third-order valence-corrected chi connectivity index (χ3v) is 6.02. The molecule has 4 heteroatoms. The van der Waals surface area contributed by atoms with E-state index in [4.69, 9.17) is 5.73 Å². The lowest BCUT2D eigenvalue weighted by Crippen LogP contribution is -2.55. The van der Waals surface area contributed by atoms with Crippen LogP contribution in [-0.4, -0.2) is 54.0 Å². The Labute approximate surface area is 129 Å². The second-order valence-corrected chi connectivity index (χ2v) is 7.51. The molecule has 0 aromatic heterocycles. The van der Waals surface area contributed by atoms with Crippen molar-refractivity contribution in [3.05, 3.63) is 0 Å². The van der Waals surface area contributed by atoms with Crippen LogP contribution >= 0.6 is 0 Å². The number of nitrogens with two attached hydrogens (primary N) is 1. The number of hydrogen-bond acceptors (Lipinski definition) is 3. The molecule has 2 aliphatic heterocycles. The second kappa shape index (κ2) is 6.66. The van der Waals surface area contributed by atoms with Crippen LogP contribution in [0.5, 0.6) is 0 Å². The Morgan fingerprint density at radius 2 is 1.86 bits per heavy atom. The third-order valence-electron chi connectivity index (χ3n) is 6.02. The van der Waals surface area contributed by atoms with Gasteiger partial charge in [0.15, 0.2) is 0 Å². The van der Waals surface area contributed by atoms with E-state index in [0.717, 1.165) is 32.0 Å². The van der Waals surface area contributed by atoms with Crippen molar-refractivity contribution in [2.75, 3.05) is 26.2 Å². The van der Waals surface area contributed by atoms with Gasteiger partial charge in [-0.05, 0) is 50.5 Å². The first-order valence-corrected chi connectivity index (χ1v) is 8.92. The largest absolute Gasteiger partial charge is 0.338 e. The van der Waals surface area contributed by atoms with E-state index in [0.29, 0.717) is 24.4 Å². The van der Waals surface area contributed by atoms with Gasteiger partial charge in [0.05, 0.1) is 6.54 Å². The molecule has 4 unspecified atom stereocenters. The van der Waals surface area contributed by atoms with Gasteiger partial charge in [0.1, 0.15) is 0 Å². The van der Waals surface area contributed by atoms with Gasteiger partial charge in [-0.1, -0.05) is 19.8 Å². The average molecular weight is 293 g/mol. The second-order valence-electron chi connectivity index (χ2n) is 7.51. The van der Waals surface area contributed by atoms with Crippen molar-refractivity contribution in [2.45, 2.75) is 64.0 Å². The Kier molecular flexibility index (Phi) is 4.85. The van der Waals surface area contributed by atoms with Gasteiger partial charge in [-0.3, -0.25) is 9.69 Å². The smallest absolute Gasteiger partial charge is 0.237 e. The molecule has 0 aromatic rings. The van der Waals surface area contributed by atoms with Crippen LogP contribution in [0, 0.1) is 11.8 Å². The van der Waals surface area contributed by atoms with E-state index in [1.54, 1.807) is 0 Å². The molecule has 0 spiro atoms. The minimum Gasteiger partial charge on any atom is -0.338 e. The van der Waals surface area contributed by atoms with Gasteiger partial charge < -0.3 is 10.6 Å². The van der Waals surface area contributed by atoms with Crippen molar-refractivity contribution in [3.63, 3.8) is 0 Å². The van der Waals surface area contributed by atoms with Crippen LogP contribution in [0.2, 0.25) is 0 Å². The molecule has 21 heavy (non-hydrogen) atoms. The van der Waals surface area contributed by atoms with Crippen molar-refractivity contribution in [1.82, 2.24) is 9.80 Å². The molecule has 1 saturated carbocycles. The van der Waals surface area contributed by atoms with Crippen LogP contribution in [-0.2, 0) is 4.79 Å². The van der Waals surface area contributed by atoms with Crippen molar-refractivity contribution < 1.29 is 4.79 Å². The molecule has 3 fully saturated rings. The molecule has 1 aliphatic carbocycles. The van der Waals surface area contributed by atoms with Crippen molar-refractivity contribution in [2.24, 2.45) is 17.6 Å². The Bertz CT molecular complexity index is 371. The SMILES string of the molecule is CC1CCN(CC(=O)N2CCCC3CCCCC32)CC1N. The van der Waals surface area contributed by atoms with Gasteiger partial charge >= 0.3 is 0 Å². The molecule has 3 aliphatic rings. The maximum atomic E-state index is 12.8. The Morgan fingerprint density at radius 3 is 2.67 bits per heavy atom. The van der Waals surface area contributed by atoms with Gasteiger partial charge in [-0.15, -0.1) is 0 Å². The van der Waals surface area contributed by atoms with E-state index in [9.17, 15) is 4.79 Å². The summed E-state index contributed by atoms with van der Waals surface area (Å²) in [5, 5.41) is 0. The van der Waals surface area contributed by atoms with E-state index in [2.05, 4.69) is 16.7 Å². The minimum absolute atomic E-state index is 0.232. The van der Waals surface area contributed by atoms with Crippen LogP contribution < -0.4 is 5.73 Å². The first-order valence-electron chi connectivity index (χ1n) is 8.92. The number of likely N-dealkylation sites (tertiary alicyclic amines) is 2. The molecule has 2 N–H and O–H groups in total. The third kappa shape index (κ3) is 3.42. The summed E-state index contributed by atoms with van der Waals surface area (Å²) in [6, 6.07) is 0.771. The average Bonchev–Trinajstić information content (AvgIpc) is 2.50. The normalized spacial score (nSPS) is 38.1. The predicted octanol–water partition coefficient (Wildman–Crippen LogP) is 1.84. The van der Waals surface area contributed by atoms with Crippen LogP contribution in [0.1, 0.15) is 51.9 Å². The summed E-state index contributed by atoms with van der Waals surface area (Å²) in [5.74, 6) is 1.72. The van der Waals surface area contributed by atoms with Gasteiger partial charge in [0.2, 0.25) is 5.91 Å². The number of carbonyl (C=O) groups excluding carboxylic acids is 1. The Hall–Kier alpha value is -0.610. The molecule has 4 atom stereocenters. The highest BCUT2D eigenvalue weighted by Gasteiger charge is 2.36. The summed E-state index contributed by atoms with van der Waals surface area (Å²) in [6.45, 7) is 5.71. The van der Waals surface area contributed by atoms with E-state index in [1.807, 2.05) is 0 Å². The molecular weight excluding hydrogens is 262 g/mol. The standard InChI is InChI=1S/C17H31N3O/c1-13-8-10-19(11-15(13)18)12-17(21)20-9-4-6-14-5-2-3-7-16(14)20/h13-16H,2-12,18H2,1H3. The fraction of sp³-hybridized carbons (Fsp3) is 0.941. The van der Waals surface area contributed by atoms with Gasteiger partial charge in [-0.2, -0.15) is 0 Å². The lowest BCUT2D eigenvalue weighted by Gasteiger charge is -2.45. The number of nitrogens with zero attached hydrogens (tertiary/aromatic N) is 2. The van der Waals surface area contributed by atoms with Gasteiger partial charge in [-0.25, -0.2) is 0 Å². The first kappa shape index (κ1) is 15.3. The number of piperidine rings is 2. The zero-order valence-electron chi connectivity index (χ0n) is 13.5. The molecule has 120 valence electrons. The summed E-state index contributed by atoms with van der Waals surface area (Å²) in [4.78, 5) is 17.2. The van der Waals surface area contributed by atoms with Crippen LogP contribution in [0.15, 0.2) is 0 Å². The zero-order valence-corrected chi connectivity index (χ0v) is 13.5. The predicted molar refractivity (Wildman–Crippen MR) is 84.9 cm³/mol. The quantitative estimate of drug-likeness (QED) is 0.845. The van der Waals surface area contributed by atoms with Crippen molar-refractivity contribution in [1.29, 1.82) is 0 Å². The molecule has 2 heterocycles. The number of amides is 1. The van der Waals surface area contributed by atoms with E-state index >= 15 is 0 Å². The summed E-state index contributed by atoms with van der Waals surface area (Å²) in [5.41, 5.74) is 6.16. The molecular formula is C17H31N3O. The van der Waals surface area contributed by atoms with Crippen LogP contribution in [0.3, 0.4) is 0 Å². The van der Waals surface area contributed by atoms with Crippen molar-refractivity contribution >= 4 is 5.91 Å². The number of rotatable bonds is 2. The van der Waals surface area contributed by atoms with Crippen molar-refractivity contribution in [3.8, 4) is 0 Å². The topological polar surface area (TPSA) is 49.6 Å². The first-order chi connectivity index (χ1) is 10.1. The fourth-order valence-corrected chi connectivity index (χ4v) is 4.53. The van der Waals surface area contributed by atoms with E-state index < -0.39 is 0 Å². The van der Waals surface area contributed by atoms with E-state index in [1.165, 1.54) is 38.5 Å². The van der Waals surface area contributed by atoms with E-state index in [-0.39, 0.29) is 6.04 Å². The summed E-state index contributed by atoms with van der Waals surface area (Å²) < 4.78 is 0. The monoisotopic (exact) mass is 293 g/mol. The Balaban J connectivity index is 1.57. The van der Waals surface area contributed by atoms with Crippen LogP contribution in [0.4, 0.5) is 0 Å². The highest BCUT2D eigenvalue weighted by atomic mass is 16.2. The number of carbonyl (C=O) groups is 1. The number of hydrogen-bond donors (Lipinski definition) is 1. The minimum atomic E-state index is 0.232. The molecule has 2 saturated heterocycles. The van der Waals surface area contributed by atoms with Gasteiger partial charge in [0.25, 0.3) is 0 Å². The maximum absolute atomic E-state index is 12.8. The lowest BCUT2D eigenvalue weighted by molar-refractivity contribution is -0.139. The summed E-state index contributed by atoms with van der Waals surface area (Å²) >= 11 is 0. The summed E-state index contributed by atoms with van der Waals surface area (Å²) in [6.07, 6.45) is 8.89. The number of fused-ring (bicyclic) bond motifs is 1. The maximum Gasteiger partial charge on any atom is 0.237 e. The molecule has 0 bridgehead atoms. The molecule has 0 radical (unpaired) electrons. The molecule has 0 aromatic carbocycles. The molecule has 4 nitrogen and oxygen atoms in total. The highest BCUT2D eigenvalue weighted by molar-refractivity contribution is 5.78. The molecule has 1 amide bonds. The zero-order chi connectivity index (χ0) is 14.8. The van der Waals surface area contributed by atoms with Crippen LogP contribution in [0.25, 0.3) is 0 Å². The highest BCUT2D eigenvalue weighted by Crippen LogP contribution is 2.35. The fourth-order valence-electron chi connectivity index (χ4n) is 4.53.